The number of hydrogen-bond acceptors (Lipinski definition) is 7. The highest BCUT2D eigenvalue weighted by molar-refractivity contribution is 9.25. The van der Waals surface area contributed by atoms with Gasteiger partial charge < -0.3 is 24.5 Å². The molecule has 29 heavy (non-hydrogen) atoms. The number of ketones is 2. The molecule has 12 heteroatoms. The number of Topliss-reactive ketones (excluding diaryl/α,β-unsaturated/α-hetero) is 1. The first-order chi connectivity index (χ1) is 13.2. The zero-order valence-corrected chi connectivity index (χ0v) is 20.5. The van der Waals surface area contributed by atoms with Crippen LogP contribution >= 0.6 is 39.7 Å². The molecule has 3 fully saturated rings. The molecule has 0 atom stereocenters. The third-order valence-electron chi connectivity index (χ3n) is 4.59. The molecule has 0 aromatic rings. The zero-order valence-electron chi connectivity index (χ0n) is 16.4. The molecule has 162 valence electrons. The van der Waals surface area contributed by atoms with Crippen LogP contribution in [0.25, 0.3) is 0 Å². The summed E-state index contributed by atoms with van der Waals surface area (Å²) < 4.78 is 13.8. The van der Waals surface area contributed by atoms with E-state index in [4.69, 9.17) is 9.79 Å². The summed E-state index contributed by atoms with van der Waals surface area (Å²) in [6, 6.07) is 0. The summed E-state index contributed by atoms with van der Waals surface area (Å²) in [5.41, 5.74) is 1.41. The van der Waals surface area contributed by atoms with Crippen LogP contribution < -0.4 is 0 Å². The lowest BCUT2D eigenvalue weighted by molar-refractivity contribution is -0.117. The quantitative estimate of drug-likeness (QED) is 0.226. The molecule has 3 aliphatic heterocycles. The molecule has 0 aromatic carbocycles. The van der Waals surface area contributed by atoms with Crippen LogP contribution in [0.4, 0.5) is 0 Å². The number of phosphoric acid groups is 1. The van der Waals surface area contributed by atoms with Crippen molar-refractivity contribution in [3.05, 3.63) is 23.2 Å². The molecule has 3 heterocycles. The number of alkyl halides is 2. The molecule has 0 unspecified atom stereocenters. The maximum absolute atomic E-state index is 12.4. The fourth-order valence-corrected chi connectivity index (χ4v) is 4.27. The Morgan fingerprint density at radius 1 is 0.931 bits per heavy atom. The van der Waals surface area contributed by atoms with Crippen molar-refractivity contribution in [2.75, 3.05) is 39.3 Å². The van der Waals surface area contributed by atoms with Crippen molar-refractivity contribution in [1.29, 1.82) is 0 Å². The maximum atomic E-state index is 12.4. The van der Waals surface area contributed by atoms with Crippen molar-refractivity contribution in [3.8, 4) is 0 Å². The van der Waals surface area contributed by atoms with Gasteiger partial charge in [0.2, 0.25) is 11.6 Å². The number of phosphoric ester groups is 1. The third-order valence-corrected chi connectivity index (χ3v) is 8.31. The minimum atomic E-state index is -4.48. The molecule has 4 aliphatic rings. The van der Waals surface area contributed by atoms with E-state index < -0.39 is 16.7 Å². The fourth-order valence-electron chi connectivity index (χ4n) is 2.56. The summed E-state index contributed by atoms with van der Waals surface area (Å²) >= 11 is 6.08. The van der Waals surface area contributed by atoms with Gasteiger partial charge in [-0.3, -0.25) is 14.1 Å². The van der Waals surface area contributed by atoms with Gasteiger partial charge in [0.15, 0.2) is 3.42 Å². The molecule has 0 amide bonds. The summed E-state index contributed by atoms with van der Waals surface area (Å²) in [4.78, 5) is 47.6. The molecule has 0 bridgehead atoms. The second-order valence-corrected chi connectivity index (χ2v) is 12.7. The van der Waals surface area contributed by atoms with Crippen molar-refractivity contribution >= 4 is 51.2 Å². The fraction of sp³-hybridized carbons (Fsp3) is 0.647. The lowest BCUT2D eigenvalue weighted by Gasteiger charge is -2.33. The van der Waals surface area contributed by atoms with E-state index in [1.165, 1.54) is 6.08 Å². The van der Waals surface area contributed by atoms with Gasteiger partial charge in [-0.15, -0.1) is 0 Å². The molecule has 1 aliphatic carbocycles. The Bertz CT molecular complexity index is 833. The molecule has 4 rings (SSSR count). The van der Waals surface area contributed by atoms with Crippen LogP contribution in [0.5, 0.6) is 0 Å². The lowest BCUT2D eigenvalue weighted by atomic mass is 9.99. The SMILES string of the molecule is CC(C)(C)C(Br)(Br)OP(=O)(O)O.O=C1C=C(N2CC2)C(=O)C(N2CC2)=C1N1CC1. The predicted octanol–water partition coefficient (Wildman–Crippen LogP) is 1.77. The Balaban J connectivity index is 0.000000179. The topological polar surface area (TPSA) is 110 Å². The number of allylic oxidation sites excluding steroid dienone is 1. The highest BCUT2D eigenvalue weighted by Gasteiger charge is 2.44. The Labute approximate surface area is 186 Å². The van der Waals surface area contributed by atoms with Crippen molar-refractivity contribution in [1.82, 2.24) is 14.7 Å². The van der Waals surface area contributed by atoms with Gasteiger partial charge in [0, 0.05) is 50.8 Å². The van der Waals surface area contributed by atoms with E-state index in [2.05, 4.69) is 36.4 Å². The number of hydrogen-bond donors (Lipinski definition) is 2. The van der Waals surface area contributed by atoms with E-state index in [1.807, 2.05) is 14.7 Å². The van der Waals surface area contributed by atoms with Gasteiger partial charge in [-0.2, -0.15) is 0 Å². The van der Waals surface area contributed by atoms with Gasteiger partial charge in [0.05, 0.1) is 5.70 Å². The zero-order chi connectivity index (χ0) is 21.8. The lowest BCUT2D eigenvalue weighted by Crippen LogP contribution is -2.32. The van der Waals surface area contributed by atoms with E-state index in [9.17, 15) is 14.2 Å². The second-order valence-electron chi connectivity index (χ2n) is 8.23. The smallest absolute Gasteiger partial charge is 0.365 e. The van der Waals surface area contributed by atoms with Gasteiger partial charge in [0.25, 0.3) is 0 Å². The molecule has 0 radical (unpaired) electrons. The molecule has 3 saturated heterocycles. The largest absolute Gasteiger partial charge is 0.471 e. The summed E-state index contributed by atoms with van der Waals surface area (Å²) in [7, 11) is -4.48. The molecule has 9 nitrogen and oxygen atoms in total. The standard InChI is InChI=1S/C12H13N3O2.C5H11Br2O4P/c16-9-7-8(13-1-2-13)12(17)11(15-5-6-15)10(9)14-3-4-14;1-4(2,3)5(6,7)11-12(8,9)10/h7H,1-6H2;1-3H3,(H2,8,9,10). The highest BCUT2D eigenvalue weighted by Crippen LogP contribution is 2.54. The normalized spacial score (nSPS) is 21.8. The first-order valence-corrected chi connectivity index (χ1v) is 12.3. The number of carbonyl (C=O) groups is 2. The Kier molecular flexibility index (Phi) is 6.15. The number of nitrogens with zero attached hydrogens (tertiary/aromatic N) is 3. The molecule has 0 spiro atoms. The van der Waals surface area contributed by atoms with Gasteiger partial charge >= 0.3 is 7.82 Å². The molecule has 2 N–H and O–H groups in total. The maximum Gasteiger partial charge on any atom is 0.471 e. The number of rotatable bonds is 5. The second kappa shape index (κ2) is 7.76. The van der Waals surface area contributed by atoms with Crippen LogP contribution in [0.3, 0.4) is 0 Å². The van der Waals surface area contributed by atoms with Crippen LogP contribution in [0.1, 0.15) is 20.8 Å². The monoisotopic (exact) mass is 555 g/mol. The van der Waals surface area contributed by atoms with Gasteiger partial charge in [0.1, 0.15) is 11.4 Å². The summed E-state index contributed by atoms with van der Waals surface area (Å²) in [5.74, 6) is 0.0485. The van der Waals surface area contributed by atoms with E-state index >= 15 is 0 Å². The third kappa shape index (κ3) is 5.71. The Hall–Kier alpha value is -0.710. The molecule has 0 aromatic heterocycles. The first kappa shape index (κ1) is 23.0. The van der Waals surface area contributed by atoms with Crippen LogP contribution in [0.2, 0.25) is 0 Å². The average Bonchev–Trinajstić information content (AvgIpc) is 3.41. The summed E-state index contributed by atoms with van der Waals surface area (Å²) in [6.45, 7) is 10.7. The summed E-state index contributed by atoms with van der Waals surface area (Å²) in [6.07, 6.45) is 1.52. The minimum absolute atomic E-state index is 0.00546. The van der Waals surface area contributed by atoms with Crippen molar-refractivity contribution in [2.45, 2.75) is 24.2 Å². The van der Waals surface area contributed by atoms with Crippen molar-refractivity contribution in [3.63, 3.8) is 0 Å². The van der Waals surface area contributed by atoms with Gasteiger partial charge in [-0.05, 0) is 31.9 Å². The van der Waals surface area contributed by atoms with Gasteiger partial charge in [-0.25, -0.2) is 4.57 Å². The summed E-state index contributed by atoms with van der Waals surface area (Å²) in [5, 5.41) is 0. The molecule has 0 saturated carbocycles. The molecular weight excluding hydrogens is 533 g/mol. The highest BCUT2D eigenvalue weighted by atomic mass is 79.9. The van der Waals surface area contributed by atoms with Crippen LogP contribution in [-0.2, 0) is 18.7 Å². The first-order valence-electron chi connectivity index (χ1n) is 9.15. The van der Waals surface area contributed by atoms with Crippen molar-refractivity contribution < 1.29 is 28.5 Å². The van der Waals surface area contributed by atoms with Crippen LogP contribution in [0, 0.1) is 5.41 Å². The van der Waals surface area contributed by atoms with E-state index in [-0.39, 0.29) is 11.6 Å². The average molecular weight is 557 g/mol. The van der Waals surface area contributed by atoms with E-state index in [0.717, 1.165) is 39.3 Å². The van der Waals surface area contributed by atoms with Crippen molar-refractivity contribution in [2.24, 2.45) is 5.41 Å². The van der Waals surface area contributed by atoms with Gasteiger partial charge in [-0.1, -0.05) is 20.8 Å². The molecular formula is C17H24Br2N3O6P. The number of carbonyl (C=O) groups excluding carboxylic acids is 2. The van der Waals surface area contributed by atoms with E-state index in [1.54, 1.807) is 20.8 Å². The Morgan fingerprint density at radius 3 is 1.72 bits per heavy atom. The number of halogens is 2. The van der Waals surface area contributed by atoms with Crippen LogP contribution in [-0.4, -0.2) is 78.7 Å². The van der Waals surface area contributed by atoms with E-state index in [0.29, 0.717) is 17.1 Å². The van der Waals surface area contributed by atoms with Crippen LogP contribution in [0.15, 0.2) is 23.2 Å². The Morgan fingerprint density at radius 2 is 1.38 bits per heavy atom. The predicted molar refractivity (Wildman–Crippen MR) is 113 cm³/mol. The minimum Gasteiger partial charge on any atom is -0.365 e.